The standard InChI is InChI=1S/C25H17Br2N3O4/c1-33-18-6-7-21-22(11-18)30-24(29-21)17(12-28)8-15-9-19(26)23(20(27)10-15)34-13-14-2-4-16(5-3-14)25(31)32/h2-11H,13H2,1H3,(H,29,30)(H,31,32)/b17-8-. The first kappa shape index (κ1) is 23.5. The zero-order valence-electron chi connectivity index (χ0n) is 17.8. The normalized spacial score (nSPS) is 11.3. The average molecular weight is 583 g/mol. The monoisotopic (exact) mass is 581 g/mol. The number of fused-ring (bicyclic) bond motifs is 1. The van der Waals surface area contributed by atoms with Crippen molar-refractivity contribution in [3.8, 4) is 17.6 Å². The van der Waals surface area contributed by atoms with Gasteiger partial charge in [-0.3, -0.25) is 0 Å². The fourth-order valence-corrected chi connectivity index (χ4v) is 4.71. The molecule has 34 heavy (non-hydrogen) atoms. The van der Waals surface area contributed by atoms with Crippen molar-refractivity contribution in [2.75, 3.05) is 7.11 Å². The zero-order valence-corrected chi connectivity index (χ0v) is 21.0. The van der Waals surface area contributed by atoms with Crippen LogP contribution in [0.1, 0.15) is 27.3 Å². The highest BCUT2D eigenvalue weighted by atomic mass is 79.9. The van der Waals surface area contributed by atoms with Crippen molar-refractivity contribution in [2.24, 2.45) is 0 Å². The maximum Gasteiger partial charge on any atom is 0.335 e. The van der Waals surface area contributed by atoms with Crippen LogP contribution in [0.4, 0.5) is 0 Å². The maximum absolute atomic E-state index is 11.0. The number of nitrogens with zero attached hydrogens (tertiary/aromatic N) is 2. The summed E-state index contributed by atoms with van der Waals surface area (Å²) >= 11 is 7.06. The summed E-state index contributed by atoms with van der Waals surface area (Å²) in [6, 6.07) is 17.9. The number of hydrogen-bond acceptors (Lipinski definition) is 5. The summed E-state index contributed by atoms with van der Waals surface area (Å²) in [6.07, 6.45) is 1.73. The van der Waals surface area contributed by atoms with Crippen LogP contribution in [0.25, 0.3) is 22.7 Å². The predicted octanol–water partition coefficient (Wildman–Crippen LogP) is 6.44. The third-order valence-corrected chi connectivity index (χ3v) is 6.16. The molecule has 0 aliphatic rings. The fourth-order valence-electron chi connectivity index (χ4n) is 3.26. The Hall–Kier alpha value is -3.61. The van der Waals surface area contributed by atoms with Crippen LogP contribution < -0.4 is 9.47 Å². The van der Waals surface area contributed by atoms with Crippen LogP contribution in [0.3, 0.4) is 0 Å². The van der Waals surface area contributed by atoms with Gasteiger partial charge in [-0.2, -0.15) is 5.26 Å². The van der Waals surface area contributed by atoms with Gasteiger partial charge in [-0.1, -0.05) is 12.1 Å². The minimum absolute atomic E-state index is 0.221. The Morgan fingerprint density at radius 3 is 2.47 bits per heavy atom. The van der Waals surface area contributed by atoms with Crippen LogP contribution in [0.2, 0.25) is 0 Å². The van der Waals surface area contributed by atoms with Crippen molar-refractivity contribution >= 4 is 60.5 Å². The number of hydrogen-bond donors (Lipinski definition) is 2. The van der Waals surface area contributed by atoms with Gasteiger partial charge in [-0.15, -0.1) is 0 Å². The van der Waals surface area contributed by atoms with Gasteiger partial charge in [-0.05, 0) is 85.5 Å². The number of carboxylic acids is 1. The number of methoxy groups -OCH3 is 1. The third-order valence-electron chi connectivity index (χ3n) is 4.98. The number of carboxylic acid groups (broad SMARTS) is 1. The lowest BCUT2D eigenvalue weighted by Gasteiger charge is -2.12. The number of carbonyl (C=O) groups is 1. The van der Waals surface area contributed by atoms with Crippen molar-refractivity contribution in [1.82, 2.24) is 9.97 Å². The Labute approximate surface area is 211 Å². The summed E-state index contributed by atoms with van der Waals surface area (Å²) in [5, 5.41) is 18.8. The number of benzene rings is 3. The lowest BCUT2D eigenvalue weighted by atomic mass is 10.1. The summed E-state index contributed by atoms with van der Waals surface area (Å²) in [5.74, 6) is 0.782. The maximum atomic E-state index is 11.0. The summed E-state index contributed by atoms with van der Waals surface area (Å²) in [4.78, 5) is 18.7. The average Bonchev–Trinajstić information content (AvgIpc) is 3.25. The van der Waals surface area contributed by atoms with Gasteiger partial charge in [0.2, 0.25) is 0 Å². The van der Waals surface area contributed by atoms with Gasteiger partial charge >= 0.3 is 5.97 Å². The molecule has 7 nitrogen and oxygen atoms in total. The molecular weight excluding hydrogens is 566 g/mol. The van der Waals surface area contributed by atoms with Crippen molar-refractivity contribution in [3.05, 3.63) is 86.1 Å². The van der Waals surface area contributed by atoms with Crippen LogP contribution in [0, 0.1) is 11.3 Å². The number of rotatable bonds is 7. The van der Waals surface area contributed by atoms with E-state index in [1.165, 1.54) is 12.1 Å². The highest BCUT2D eigenvalue weighted by Gasteiger charge is 2.13. The second-order valence-electron chi connectivity index (χ2n) is 7.24. The Bertz CT molecular complexity index is 1430. The molecule has 0 aliphatic heterocycles. The molecule has 170 valence electrons. The van der Waals surface area contributed by atoms with E-state index in [-0.39, 0.29) is 12.2 Å². The van der Waals surface area contributed by atoms with Gasteiger partial charge in [0.05, 0.1) is 38.2 Å². The molecule has 9 heteroatoms. The molecule has 4 rings (SSSR count). The highest BCUT2D eigenvalue weighted by Crippen LogP contribution is 2.36. The van der Waals surface area contributed by atoms with Crippen LogP contribution >= 0.6 is 31.9 Å². The number of aromatic carboxylic acids is 1. The molecule has 0 saturated heterocycles. The fraction of sp³-hybridized carbons (Fsp3) is 0.0800. The second-order valence-corrected chi connectivity index (χ2v) is 8.95. The van der Waals surface area contributed by atoms with Crippen molar-refractivity contribution in [1.29, 1.82) is 5.26 Å². The molecule has 3 aromatic carbocycles. The molecule has 0 atom stereocenters. The van der Waals surface area contributed by atoms with Crippen LogP contribution in [0.5, 0.6) is 11.5 Å². The number of aromatic nitrogens is 2. The highest BCUT2D eigenvalue weighted by molar-refractivity contribution is 9.11. The largest absolute Gasteiger partial charge is 0.497 e. The van der Waals surface area contributed by atoms with E-state index in [9.17, 15) is 10.1 Å². The van der Waals surface area contributed by atoms with Gasteiger partial charge in [0.1, 0.15) is 30.0 Å². The van der Waals surface area contributed by atoms with Crippen LogP contribution in [-0.4, -0.2) is 28.2 Å². The molecule has 4 aromatic rings. The Morgan fingerprint density at radius 2 is 1.85 bits per heavy atom. The van der Waals surface area contributed by atoms with Gasteiger partial charge < -0.3 is 19.6 Å². The molecule has 0 spiro atoms. The Morgan fingerprint density at radius 1 is 1.15 bits per heavy atom. The third kappa shape index (κ3) is 5.14. The van der Waals surface area contributed by atoms with Crippen molar-refractivity contribution < 1.29 is 19.4 Å². The van der Waals surface area contributed by atoms with E-state index >= 15 is 0 Å². The van der Waals surface area contributed by atoms with Gasteiger partial charge in [0.25, 0.3) is 0 Å². The number of allylic oxidation sites excluding steroid dienone is 1. The molecule has 0 bridgehead atoms. The molecule has 0 amide bonds. The number of halogens is 2. The SMILES string of the molecule is COc1ccc2nc(/C(C#N)=C\c3cc(Br)c(OCc4ccc(C(=O)O)cc4)c(Br)c3)[nH]c2c1. The number of aromatic amines is 1. The molecule has 0 fully saturated rings. The van der Waals surface area contributed by atoms with Gasteiger partial charge in [-0.25, -0.2) is 9.78 Å². The molecule has 0 radical (unpaired) electrons. The molecular formula is C25H17Br2N3O4. The quantitative estimate of drug-likeness (QED) is 0.243. The minimum Gasteiger partial charge on any atom is -0.497 e. The number of ether oxygens (including phenoxy) is 2. The smallest absolute Gasteiger partial charge is 0.335 e. The van der Waals surface area contributed by atoms with E-state index in [1.54, 1.807) is 25.3 Å². The predicted molar refractivity (Wildman–Crippen MR) is 136 cm³/mol. The lowest BCUT2D eigenvalue weighted by Crippen LogP contribution is -2.00. The Balaban J connectivity index is 1.56. The lowest BCUT2D eigenvalue weighted by molar-refractivity contribution is 0.0697. The second kappa shape index (κ2) is 10.1. The topological polar surface area (TPSA) is 108 Å². The molecule has 0 saturated carbocycles. The van der Waals surface area contributed by atoms with Crippen molar-refractivity contribution in [3.63, 3.8) is 0 Å². The van der Waals surface area contributed by atoms with Crippen molar-refractivity contribution in [2.45, 2.75) is 6.61 Å². The number of H-pyrrole nitrogens is 1. The molecule has 0 unspecified atom stereocenters. The molecule has 0 aliphatic carbocycles. The molecule has 2 N–H and O–H groups in total. The number of nitrogens with one attached hydrogen (secondary N) is 1. The summed E-state index contributed by atoms with van der Waals surface area (Å²) in [5.41, 5.74) is 3.71. The van der Waals surface area contributed by atoms with E-state index in [0.29, 0.717) is 31.8 Å². The van der Waals surface area contributed by atoms with Crippen LogP contribution in [-0.2, 0) is 6.61 Å². The molecule has 1 aromatic heterocycles. The molecule has 1 heterocycles. The number of imidazole rings is 1. The van der Waals surface area contributed by atoms with E-state index in [0.717, 1.165) is 22.2 Å². The first-order chi connectivity index (χ1) is 16.4. The zero-order chi connectivity index (χ0) is 24.2. The summed E-state index contributed by atoms with van der Waals surface area (Å²) < 4.78 is 12.6. The van der Waals surface area contributed by atoms with E-state index in [2.05, 4.69) is 47.9 Å². The van der Waals surface area contributed by atoms with E-state index < -0.39 is 5.97 Å². The van der Waals surface area contributed by atoms with Crippen LogP contribution in [0.15, 0.2) is 63.5 Å². The van der Waals surface area contributed by atoms with Gasteiger partial charge in [0.15, 0.2) is 0 Å². The van der Waals surface area contributed by atoms with E-state index in [4.69, 9.17) is 14.6 Å². The van der Waals surface area contributed by atoms with Gasteiger partial charge in [0, 0.05) is 6.07 Å². The first-order valence-corrected chi connectivity index (χ1v) is 11.6. The van der Waals surface area contributed by atoms with E-state index in [1.807, 2.05) is 30.3 Å². The first-order valence-electron chi connectivity index (χ1n) is 9.98. The summed E-state index contributed by atoms with van der Waals surface area (Å²) in [7, 11) is 1.59. The number of nitriles is 1. The minimum atomic E-state index is -0.972. The summed E-state index contributed by atoms with van der Waals surface area (Å²) in [6.45, 7) is 0.262. The Kier molecular flexibility index (Phi) is 7.01.